The summed E-state index contributed by atoms with van der Waals surface area (Å²) in [6, 6.07) is 11.3. The van der Waals surface area contributed by atoms with Crippen LogP contribution in [0, 0.1) is 0 Å². The minimum Gasteiger partial charge on any atom is -0.507 e. The number of aryl methyl sites for hydroxylation is 1. The highest BCUT2D eigenvalue weighted by Crippen LogP contribution is 2.45. The Hall–Kier alpha value is -3.45. The molecular formula is C28H31N5O2. The normalized spacial score (nSPS) is 27.2. The van der Waals surface area contributed by atoms with E-state index < -0.39 is 0 Å². The van der Waals surface area contributed by atoms with E-state index in [4.69, 9.17) is 0 Å². The van der Waals surface area contributed by atoms with Crippen LogP contribution < -0.4 is 15.8 Å². The number of hydrogen-bond donors (Lipinski definition) is 2. The summed E-state index contributed by atoms with van der Waals surface area (Å²) in [5, 5.41) is 23.9. The van der Waals surface area contributed by atoms with Crippen molar-refractivity contribution < 1.29 is 5.11 Å². The van der Waals surface area contributed by atoms with E-state index in [1.807, 2.05) is 24.3 Å². The van der Waals surface area contributed by atoms with Crippen molar-refractivity contribution in [3.63, 3.8) is 0 Å². The molecular weight excluding hydrogens is 438 g/mol. The van der Waals surface area contributed by atoms with Gasteiger partial charge in [-0.3, -0.25) is 4.79 Å². The van der Waals surface area contributed by atoms with Crippen LogP contribution in [0.5, 0.6) is 5.75 Å². The van der Waals surface area contributed by atoms with Crippen molar-refractivity contribution in [3.05, 3.63) is 64.6 Å². The first kappa shape index (κ1) is 22.0. The van der Waals surface area contributed by atoms with Gasteiger partial charge >= 0.3 is 0 Å². The molecule has 3 atom stereocenters. The summed E-state index contributed by atoms with van der Waals surface area (Å²) in [7, 11) is 1.72. The Labute approximate surface area is 205 Å². The van der Waals surface area contributed by atoms with Crippen LogP contribution in [-0.2, 0) is 7.05 Å². The average molecular weight is 470 g/mol. The molecule has 180 valence electrons. The molecule has 7 heteroatoms. The van der Waals surface area contributed by atoms with Crippen LogP contribution in [0.3, 0.4) is 0 Å². The molecule has 2 N–H and O–H groups in total. The number of aromatic nitrogens is 3. The number of pyridine rings is 1. The molecule has 0 spiro atoms. The average Bonchev–Trinajstić information content (AvgIpc) is 3.06. The van der Waals surface area contributed by atoms with Gasteiger partial charge in [0.2, 0.25) is 0 Å². The lowest BCUT2D eigenvalue weighted by Gasteiger charge is -2.47. The fraction of sp³-hybridized carbons (Fsp3) is 0.393. The van der Waals surface area contributed by atoms with Crippen molar-refractivity contribution in [2.24, 2.45) is 7.05 Å². The zero-order valence-corrected chi connectivity index (χ0v) is 20.5. The highest BCUT2D eigenvalue weighted by Gasteiger charge is 2.50. The summed E-state index contributed by atoms with van der Waals surface area (Å²) in [4.78, 5) is 14.4. The second-order valence-corrected chi connectivity index (χ2v) is 11.0. The van der Waals surface area contributed by atoms with Gasteiger partial charge in [-0.15, -0.1) is 10.2 Å². The number of nitrogens with one attached hydrogen (secondary N) is 1. The summed E-state index contributed by atoms with van der Waals surface area (Å²) < 4.78 is 1.52. The number of rotatable bonds is 3. The predicted octanol–water partition coefficient (Wildman–Crippen LogP) is 4.11. The molecule has 0 amide bonds. The van der Waals surface area contributed by atoms with Crippen LogP contribution in [0.1, 0.15) is 45.1 Å². The van der Waals surface area contributed by atoms with E-state index in [9.17, 15) is 9.90 Å². The Bertz CT molecular complexity index is 1390. The van der Waals surface area contributed by atoms with Gasteiger partial charge in [-0.05, 0) is 74.9 Å². The summed E-state index contributed by atoms with van der Waals surface area (Å²) in [6.07, 6.45) is 10.7. The SMILES string of the molecule is Cn1ccc(-c2ccc(-c3cc4c(nn3)N(C3C[C@]5(C)CC[C@](C)(C3)N5)CC=C4)c(O)c2)cc1=O. The first-order valence-corrected chi connectivity index (χ1v) is 12.3. The van der Waals surface area contributed by atoms with Crippen LogP contribution in [0.15, 0.2) is 53.5 Å². The molecule has 3 aromatic rings. The number of piperidine rings is 1. The summed E-state index contributed by atoms with van der Waals surface area (Å²) >= 11 is 0. The molecule has 0 radical (unpaired) electrons. The van der Waals surface area contributed by atoms with E-state index >= 15 is 0 Å². The monoisotopic (exact) mass is 469 g/mol. The summed E-state index contributed by atoms with van der Waals surface area (Å²) in [6.45, 7) is 5.54. The number of anilines is 1. The first-order valence-electron chi connectivity index (χ1n) is 12.3. The summed E-state index contributed by atoms with van der Waals surface area (Å²) in [5.41, 5.74) is 4.11. The van der Waals surface area contributed by atoms with Crippen molar-refractivity contribution >= 4 is 11.9 Å². The van der Waals surface area contributed by atoms with E-state index in [2.05, 4.69) is 46.4 Å². The van der Waals surface area contributed by atoms with Crippen molar-refractivity contribution in [2.45, 2.75) is 56.7 Å². The number of nitrogens with zero attached hydrogens (tertiary/aromatic N) is 4. The lowest BCUT2D eigenvalue weighted by Crippen LogP contribution is -2.59. The van der Waals surface area contributed by atoms with Crippen LogP contribution in [0.2, 0.25) is 0 Å². The molecule has 2 bridgehead atoms. The van der Waals surface area contributed by atoms with Crippen molar-refractivity contribution in [1.82, 2.24) is 20.1 Å². The lowest BCUT2D eigenvalue weighted by molar-refractivity contribution is 0.206. The standard InChI is InChI=1S/C28H31N5O2/c1-27-9-10-28(2,31-27)17-21(16-27)33-11-4-5-20-13-23(29-30-26(20)33)22-7-6-18(14-24(22)34)19-8-12-32(3)25(35)15-19/h4-8,12-15,21,31,34H,9-11,16-17H2,1-3H3/t21?,27-,28+. The Morgan fingerprint density at radius 1 is 1.03 bits per heavy atom. The van der Waals surface area contributed by atoms with Gasteiger partial charge in [-0.1, -0.05) is 18.2 Å². The first-order chi connectivity index (χ1) is 16.7. The molecule has 3 aliphatic rings. The smallest absolute Gasteiger partial charge is 0.250 e. The number of phenols is 1. The molecule has 3 aliphatic heterocycles. The van der Waals surface area contributed by atoms with E-state index in [0.717, 1.165) is 41.9 Å². The Kier molecular flexibility index (Phi) is 4.90. The van der Waals surface area contributed by atoms with E-state index in [-0.39, 0.29) is 22.4 Å². The van der Waals surface area contributed by atoms with E-state index in [0.29, 0.717) is 17.3 Å². The molecule has 2 fully saturated rings. The third-order valence-electron chi connectivity index (χ3n) is 8.03. The Balaban J connectivity index is 1.30. The topological polar surface area (TPSA) is 83.3 Å². The third kappa shape index (κ3) is 3.84. The van der Waals surface area contributed by atoms with Gasteiger partial charge in [-0.25, -0.2) is 0 Å². The number of aromatic hydroxyl groups is 1. The second kappa shape index (κ2) is 7.78. The summed E-state index contributed by atoms with van der Waals surface area (Å²) in [5.74, 6) is 1.04. The van der Waals surface area contributed by atoms with Gasteiger partial charge < -0.3 is 19.9 Å². The zero-order valence-electron chi connectivity index (χ0n) is 20.5. The van der Waals surface area contributed by atoms with E-state index in [1.165, 1.54) is 17.4 Å². The minimum atomic E-state index is -0.0901. The fourth-order valence-electron chi connectivity index (χ4n) is 6.28. The number of fused-ring (bicyclic) bond motifs is 3. The zero-order chi connectivity index (χ0) is 24.4. The maximum Gasteiger partial charge on any atom is 0.250 e. The van der Waals surface area contributed by atoms with Crippen molar-refractivity contribution in [2.75, 3.05) is 11.4 Å². The molecule has 6 rings (SSSR count). The maximum atomic E-state index is 12.0. The van der Waals surface area contributed by atoms with Gasteiger partial charge in [0.05, 0.1) is 5.69 Å². The Morgan fingerprint density at radius 2 is 1.77 bits per heavy atom. The molecule has 5 heterocycles. The molecule has 35 heavy (non-hydrogen) atoms. The van der Waals surface area contributed by atoms with Crippen molar-refractivity contribution in [1.29, 1.82) is 0 Å². The van der Waals surface area contributed by atoms with Gasteiger partial charge in [0, 0.05) is 54.1 Å². The number of phenolic OH excluding ortho intramolecular Hbond substituents is 1. The highest BCUT2D eigenvalue weighted by atomic mass is 16.3. The molecule has 0 saturated carbocycles. The highest BCUT2D eigenvalue weighted by molar-refractivity contribution is 5.77. The van der Waals surface area contributed by atoms with Crippen LogP contribution in [0.4, 0.5) is 5.82 Å². The van der Waals surface area contributed by atoms with Crippen LogP contribution in [-0.4, -0.2) is 43.5 Å². The largest absolute Gasteiger partial charge is 0.507 e. The van der Waals surface area contributed by atoms with Gasteiger partial charge in [-0.2, -0.15) is 0 Å². The predicted molar refractivity (Wildman–Crippen MR) is 138 cm³/mol. The lowest BCUT2D eigenvalue weighted by atomic mass is 9.83. The van der Waals surface area contributed by atoms with Crippen molar-refractivity contribution in [3.8, 4) is 28.1 Å². The van der Waals surface area contributed by atoms with Crippen LogP contribution >= 0.6 is 0 Å². The minimum absolute atomic E-state index is 0.0901. The quantitative estimate of drug-likeness (QED) is 0.601. The molecule has 7 nitrogen and oxygen atoms in total. The third-order valence-corrected chi connectivity index (χ3v) is 8.03. The molecule has 1 unspecified atom stereocenters. The van der Waals surface area contributed by atoms with E-state index in [1.54, 1.807) is 25.4 Å². The number of hydrogen-bond acceptors (Lipinski definition) is 6. The number of benzene rings is 1. The fourth-order valence-corrected chi connectivity index (χ4v) is 6.28. The van der Waals surface area contributed by atoms with Gasteiger partial charge in [0.25, 0.3) is 5.56 Å². The molecule has 2 aromatic heterocycles. The Morgan fingerprint density at radius 3 is 2.49 bits per heavy atom. The molecule has 2 saturated heterocycles. The maximum absolute atomic E-state index is 12.0. The second-order valence-electron chi connectivity index (χ2n) is 11.0. The van der Waals surface area contributed by atoms with Gasteiger partial charge in [0.1, 0.15) is 5.75 Å². The molecule has 1 aromatic carbocycles. The van der Waals surface area contributed by atoms with Gasteiger partial charge in [0.15, 0.2) is 5.82 Å². The molecule has 0 aliphatic carbocycles. The van der Waals surface area contributed by atoms with Crippen LogP contribution in [0.25, 0.3) is 28.5 Å².